The number of carbonyl (C=O) groups is 3. The zero-order valence-corrected chi connectivity index (χ0v) is 14.1. The van der Waals surface area contributed by atoms with Gasteiger partial charge in [-0.2, -0.15) is 0 Å². The van der Waals surface area contributed by atoms with Gasteiger partial charge in [0, 0.05) is 12.6 Å². The number of esters is 1. The molecule has 9 heteroatoms. The van der Waals surface area contributed by atoms with E-state index < -0.39 is 23.8 Å². The summed E-state index contributed by atoms with van der Waals surface area (Å²) in [4.78, 5) is 41.8. The Bertz CT molecular complexity index is 718. The molecule has 2 amide bonds. The van der Waals surface area contributed by atoms with Crippen LogP contribution >= 0.6 is 0 Å². The highest BCUT2D eigenvalue weighted by Crippen LogP contribution is 2.00. The number of nitrogens with one attached hydrogen (secondary N) is 3. The molecule has 1 unspecified atom stereocenters. The lowest BCUT2D eigenvalue weighted by atomic mass is 10.1. The first-order valence-electron chi connectivity index (χ1n) is 8.02. The maximum absolute atomic E-state index is 11.8. The Morgan fingerprint density at radius 1 is 1.15 bits per heavy atom. The molecule has 0 spiro atoms. The van der Waals surface area contributed by atoms with Crippen LogP contribution in [0.5, 0.6) is 0 Å². The third-order valence-electron chi connectivity index (χ3n) is 3.42. The van der Waals surface area contributed by atoms with E-state index in [0.717, 1.165) is 5.56 Å². The minimum absolute atomic E-state index is 0.133. The minimum Gasteiger partial charge on any atom is -0.460 e. The first-order chi connectivity index (χ1) is 12.5. The van der Waals surface area contributed by atoms with Gasteiger partial charge in [0.25, 0.3) is 0 Å². The van der Waals surface area contributed by atoms with Crippen LogP contribution in [0.15, 0.2) is 42.9 Å². The van der Waals surface area contributed by atoms with Crippen molar-refractivity contribution in [2.75, 3.05) is 13.1 Å². The summed E-state index contributed by atoms with van der Waals surface area (Å²) in [5.41, 5.74) is 7.24. The molecule has 138 valence electrons. The number of rotatable bonds is 9. The smallest absolute Gasteiger partial charge is 0.325 e. The summed E-state index contributed by atoms with van der Waals surface area (Å²) in [5, 5.41) is 4.78. The van der Waals surface area contributed by atoms with Gasteiger partial charge in [-0.25, -0.2) is 4.98 Å². The number of hydrogen-bond donors (Lipinski definition) is 4. The van der Waals surface area contributed by atoms with Crippen molar-refractivity contribution in [1.82, 2.24) is 20.6 Å². The molecule has 0 aliphatic carbocycles. The molecule has 0 bridgehead atoms. The second-order valence-corrected chi connectivity index (χ2v) is 5.51. The summed E-state index contributed by atoms with van der Waals surface area (Å²) < 4.78 is 5.03. The molecule has 0 aliphatic rings. The molecule has 2 rings (SSSR count). The SMILES string of the molecule is NC(Cc1c[nH]cn1)C(=O)NCC(=O)NCC(=O)OCc1ccccc1. The molecule has 0 saturated heterocycles. The molecule has 2 aromatic rings. The number of carbonyl (C=O) groups excluding carboxylic acids is 3. The van der Waals surface area contributed by atoms with Crippen LogP contribution in [-0.2, 0) is 32.1 Å². The predicted octanol–water partition coefficient (Wildman–Crippen LogP) is -0.745. The topological polar surface area (TPSA) is 139 Å². The molecular formula is C17H21N5O4. The highest BCUT2D eigenvalue weighted by molar-refractivity contribution is 5.88. The second-order valence-electron chi connectivity index (χ2n) is 5.51. The number of imidazole rings is 1. The summed E-state index contributed by atoms with van der Waals surface area (Å²) in [6.45, 7) is -0.422. The van der Waals surface area contributed by atoms with Crippen molar-refractivity contribution in [3.63, 3.8) is 0 Å². The number of aromatic amines is 1. The van der Waals surface area contributed by atoms with E-state index in [1.807, 2.05) is 30.3 Å². The van der Waals surface area contributed by atoms with Crippen molar-refractivity contribution in [2.45, 2.75) is 19.1 Å². The first-order valence-corrected chi connectivity index (χ1v) is 8.02. The number of nitrogens with two attached hydrogens (primary N) is 1. The van der Waals surface area contributed by atoms with Gasteiger partial charge in [0.2, 0.25) is 11.8 Å². The second kappa shape index (κ2) is 9.94. The van der Waals surface area contributed by atoms with Crippen LogP contribution in [0.1, 0.15) is 11.3 Å². The van der Waals surface area contributed by atoms with Gasteiger partial charge in [-0.3, -0.25) is 14.4 Å². The zero-order valence-electron chi connectivity index (χ0n) is 14.1. The number of hydrogen-bond acceptors (Lipinski definition) is 6. The molecule has 1 heterocycles. The molecule has 0 fully saturated rings. The van der Waals surface area contributed by atoms with E-state index in [1.165, 1.54) is 6.33 Å². The lowest BCUT2D eigenvalue weighted by molar-refractivity contribution is -0.145. The van der Waals surface area contributed by atoms with Gasteiger partial charge in [0.05, 0.1) is 24.6 Å². The molecule has 0 saturated carbocycles. The lowest BCUT2D eigenvalue weighted by Crippen LogP contribution is -2.46. The van der Waals surface area contributed by atoms with Crippen molar-refractivity contribution >= 4 is 17.8 Å². The summed E-state index contributed by atoms with van der Waals surface area (Å²) in [6, 6.07) is 8.37. The Hall–Kier alpha value is -3.20. The van der Waals surface area contributed by atoms with Crippen LogP contribution in [0.2, 0.25) is 0 Å². The number of amides is 2. The molecule has 26 heavy (non-hydrogen) atoms. The van der Waals surface area contributed by atoms with Gasteiger partial charge in [0.15, 0.2) is 0 Å². The maximum atomic E-state index is 11.8. The van der Waals surface area contributed by atoms with Crippen molar-refractivity contribution in [1.29, 1.82) is 0 Å². The van der Waals surface area contributed by atoms with Gasteiger partial charge in [-0.1, -0.05) is 30.3 Å². The van der Waals surface area contributed by atoms with Gasteiger partial charge in [0.1, 0.15) is 13.2 Å². The van der Waals surface area contributed by atoms with Gasteiger partial charge in [-0.15, -0.1) is 0 Å². The van der Waals surface area contributed by atoms with Crippen molar-refractivity contribution in [2.24, 2.45) is 5.73 Å². The summed E-state index contributed by atoms with van der Waals surface area (Å²) in [7, 11) is 0. The van der Waals surface area contributed by atoms with E-state index in [0.29, 0.717) is 5.69 Å². The van der Waals surface area contributed by atoms with Crippen LogP contribution in [0, 0.1) is 0 Å². The Balaban J connectivity index is 1.60. The molecule has 5 N–H and O–H groups in total. The zero-order chi connectivity index (χ0) is 18.8. The minimum atomic E-state index is -0.818. The Morgan fingerprint density at radius 3 is 2.62 bits per heavy atom. The fourth-order valence-electron chi connectivity index (χ4n) is 2.04. The van der Waals surface area contributed by atoms with E-state index in [1.54, 1.807) is 6.20 Å². The van der Waals surface area contributed by atoms with E-state index in [4.69, 9.17) is 10.5 Å². The van der Waals surface area contributed by atoms with Crippen molar-refractivity contribution in [3.05, 3.63) is 54.1 Å². The third-order valence-corrected chi connectivity index (χ3v) is 3.42. The van der Waals surface area contributed by atoms with Gasteiger partial charge >= 0.3 is 5.97 Å². The normalized spacial score (nSPS) is 11.4. The fraction of sp³-hybridized carbons (Fsp3) is 0.294. The van der Waals surface area contributed by atoms with E-state index in [2.05, 4.69) is 20.6 Å². The number of ether oxygens (including phenoxy) is 1. The van der Waals surface area contributed by atoms with Gasteiger partial charge in [-0.05, 0) is 5.56 Å². The van der Waals surface area contributed by atoms with E-state index in [-0.39, 0.29) is 26.1 Å². The Morgan fingerprint density at radius 2 is 1.92 bits per heavy atom. The predicted molar refractivity (Wildman–Crippen MR) is 92.5 cm³/mol. The highest BCUT2D eigenvalue weighted by Gasteiger charge is 2.16. The van der Waals surface area contributed by atoms with Gasteiger partial charge < -0.3 is 26.1 Å². The molecule has 1 aromatic heterocycles. The van der Waals surface area contributed by atoms with Crippen LogP contribution in [0.3, 0.4) is 0 Å². The Labute approximate surface area is 150 Å². The number of nitrogens with zero attached hydrogens (tertiary/aromatic N) is 1. The molecular weight excluding hydrogens is 338 g/mol. The van der Waals surface area contributed by atoms with Crippen LogP contribution < -0.4 is 16.4 Å². The molecule has 9 nitrogen and oxygen atoms in total. The van der Waals surface area contributed by atoms with E-state index >= 15 is 0 Å². The highest BCUT2D eigenvalue weighted by atomic mass is 16.5. The standard InChI is InChI=1S/C17H21N5O4/c18-14(6-13-7-19-11-22-13)17(25)21-8-15(23)20-9-16(24)26-10-12-4-2-1-3-5-12/h1-5,7,11,14H,6,8-10,18H2,(H,19,22)(H,20,23)(H,21,25). The van der Waals surface area contributed by atoms with Crippen LogP contribution in [0.25, 0.3) is 0 Å². The van der Waals surface area contributed by atoms with Crippen molar-refractivity contribution < 1.29 is 19.1 Å². The largest absolute Gasteiger partial charge is 0.460 e. The van der Waals surface area contributed by atoms with Crippen LogP contribution in [0.4, 0.5) is 0 Å². The fourth-order valence-corrected chi connectivity index (χ4v) is 2.04. The molecule has 0 aliphatic heterocycles. The summed E-state index contributed by atoms with van der Waals surface area (Å²) in [5.74, 6) is -1.56. The number of aromatic nitrogens is 2. The van der Waals surface area contributed by atoms with Crippen LogP contribution in [-0.4, -0.2) is 46.9 Å². The number of benzene rings is 1. The lowest BCUT2D eigenvalue weighted by Gasteiger charge is -2.11. The third kappa shape index (κ3) is 6.73. The van der Waals surface area contributed by atoms with E-state index in [9.17, 15) is 14.4 Å². The maximum Gasteiger partial charge on any atom is 0.325 e. The average molecular weight is 359 g/mol. The monoisotopic (exact) mass is 359 g/mol. The average Bonchev–Trinajstić information content (AvgIpc) is 3.16. The van der Waals surface area contributed by atoms with Crippen molar-refractivity contribution in [3.8, 4) is 0 Å². The summed E-state index contributed by atoms with van der Waals surface area (Å²) >= 11 is 0. The molecule has 1 atom stereocenters. The molecule has 0 radical (unpaired) electrons. The number of H-pyrrole nitrogens is 1. The quantitative estimate of drug-likeness (QED) is 0.435. The molecule has 1 aromatic carbocycles. The first kappa shape index (κ1) is 19.1. The summed E-state index contributed by atoms with van der Waals surface area (Å²) in [6.07, 6.45) is 3.38. The Kier molecular flexibility index (Phi) is 7.31.